The molecule has 0 amide bonds. The van der Waals surface area contributed by atoms with Crippen molar-refractivity contribution in [1.82, 2.24) is 4.98 Å². The van der Waals surface area contributed by atoms with Gasteiger partial charge in [-0.3, -0.25) is 0 Å². The Morgan fingerprint density at radius 1 is 1.12 bits per heavy atom. The molecule has 0 aliphatic rings. The molecule has 0 radical (unpaired) electrons. The Hall–Kier alpha value is -3.55. The highest BCUT2D eigenvalue weighted by atomic mass is 35.5. The molecule has 0 saturated heterocycles. The van der Waals surface area contributed by atoms with E-state index < -0.39 is 26.5 Å². The smallest absolute Gasteiger partial charge is 0.417 e. The van der Waals surface area contributed by atoms with Gasteiger partial charge in [-0.1, -0.05) is 23.7 Å². The fourth-order valence-electron chi connectivity index (χ4n) is 2.68. The van der Waals surface area contributed by atoms with Crippen molar-refractivity contribution < 1.29 is 31.1 Å². The Bertz CT molecular complexity index is 1330. The normalized spacial score (nSPS) is 12.2. The van der Waals surface area contributed by atoms with Crippen molar-refractivity contribution in [2.75, 3.05) is 7.11 Å². The van der Waals surface area contributed by atoms with Crippen molar-refractivity contribution in [2.45, 2.75) is 11.1 Å². The van der Waals surface area contributed by atoms with Crippen LogP contribution < -0.4 is 9.47 Å². The molecule has 0 N–H and O–H groups in total. The minimum atomic E-state index is -4.57. The monoisotopic (exact) mass is 494 g/mol. The Kier molecular flexibility index (Phi) is 6.95. The number of ether oxygens (including phenoxy) is 2. The van der Waals surface area contributed by atoms with Gasteiger partial charge in [0.05, 0.1) is 17.6 Å². The van der Waals surface area contributed by atoms with Crippen LogP contribution in [0, 0.1) is 11.3 Å². The topological polar surface area (TPSA) is 89.3 Å². The number of benzene rings is 2. The van der Waals surface area contributed by atoms with Crippen LogP contribution in [0.3, 0.4) is 0 Å². The van der Waals surface area contributed by atoms with E-state index in [0.29, 0.717) is 11.2 Å². The van der Waals surface area contributed by atoms with Gasteiger partial charge in [0, 0.05) is 22.8 Å². The summed E-state index contributed by atoms with van der Waals surface area (Å²) in [5, 5.41) is 9.86. The van der Waals surface area contributed by atoms with Crippen LogP contribution in [0.25, 0.3) is 6.08 Å². The zero-order valence-electron chi connectivity index (χ0n) is 16.8. The predicted molar refractivity (Wildman–Crippen MR) is 115 cm³/mol. The second kappa shape index (κ2) is 9.52. The van der Waals surface area contributed by atoms with E-state index in [1.165, 1.54) is 49.6 Å². The van der Waals surface area contributed by atoms with Gasteiger partial charge in [-0.05, 0) is 42.5 Å². The minimum Gasteiger partial charge on any atom is -0.493 e. The van der Waals surface area contributed by atoms with E-state index in [0.717, 1.165) is 18.2 Å². The maximum atomic E-state index is 12.9. The summed E-state index contributed by atoms with van der Waals surface area (Å²) in [6, 6.07) is 13.2. The van der Waals surface area contributed by atoms with Gasteiger partial charge in [0.25, 0.3) is 0 Å². The second-order valence-electron chi connectivity index (χ2n) is 6.44. The molecule has 0 unspecified atom stereocenters. The van der Waals surface area contributed by atoms with Gasteiger partial charge in [0.15, 0.2) is 11.5 Å². The number of methoxy groups -OCH3 is 1. The average Bonchev–Trinajstić information content (AvgIpc) is 2.78. The van der Waals surface area contributed by atoms with E-state index in [9.17, 15) is 26.9 Å². The summed E-state index contributed by atoms with van der Waals surface area (Å²) in [5.74, 6) is -0.0841. The molecular weight excluding hydrogens is 481 g/mol. The lowest BCUT2D eigenvalue weighted by molar-refractivity contribution is -0.137. The largest absolute Gasteiger partial charge is 0.493 e. The van der Waals surface area contributed by atoms with Crippen LogP contribution in [0.4, 0.5) is 13.2 Å². The first-order chi connectivity index (χ1) is 15.6. The summed E-state index contributed by atoms with van der Waals surface area (Å²) in [4.78, 5) is 2.91. The zero-order valence-corrected chi connectivity index (χ0v) is 18.4. The van der Waals surface area contributed by atoms with E-state index >= 15 is 0 Å². The van der Waals surface area contributed by atoms with Crippen molar-refractivity contribution in [3.05, 3.63) is 81.8 Å². The molecule has 11 heteroatoms. The van der Waals surface area contributed by atoms with Gasteiger partial charge in [0.2, 0.25) is 15.7 Å². The number of rotatable bonds is 6. The summed E-state index contributed by atoms with van der Waals surface area (Å²) in [5.41, 5.74) is -0.832. The summed E-state index contributed by atoms with van der Waals surface area (Å²) in [7, 11) is -2.87. The third kappa shape index (κ3) is 5.45. The second-order valence-corrected chi connectivity index (χ2v) is 8.80. The molecule has 3 aromatic rings. The van der Waals surface area contributed by atoms with Gasteiger partial charge < -0.3 is 9.47 Å². The first kappa shape index (κ1) is 24.1. The number of aromatic nitrogens is 1. The molecule has 0 saturated carbocycles. The van der Waals surface area contributed by atoms with Gasteiger partial charge >= 0.3 is 6.18 Å². The number of hydrogen-bond donors (Lipinski definition) is 0. The maximum Gasteiger partial charge on any atom is 0.417 e. The SMILES string of the molecule is COc1cccc(/C=C(\C#N)S(=O)(=O)c2ccc(Cl)cc2)c1Oc1ccc(C(F)(F)F)cn1. The number of allylic oxidation sites excluding steroid dienone is 1. The molecular formula is C22H14ClF3N2O4S. The van der Waals surface area contributed by atoms with Gasteiger partial charge in [-0.15, -0.1) is 0 Å². The summed E-state index contributed by atoms with van der Waals surface area (Å²) >= 11 is 5.80. The number of pyridine rings is 1. The van der Waals surface area contributed by atoms with Crippen molar-refractivity contribution in [3.8, 4) is 23.4 Å². The quantitative estimate of drug-likeness (QED) is 0.397. The van der Waals surface area contributed by atoms with E-state index in [1.807, 2.05) is 0 Å². The Morgan fingerprint density at radius 3 is 2.36 bits per heavy atom. The van der Waals surface area contributed by atoms with Crippen molar-refractivity contribution in [3.63, 3.8) is 0 Å². The lowest BCUT2D eigenvalue weighted by atomic mass is 10.1. The standard InChI is InChI=1S/C22H14ClF3N2O4S/c1-31-19-4-2-3-14(21(19)32-20-10-5-15(13-28-20)22(24,25)26)11-18(12-27)33(29,30)17-8-6-16(23)7-9-17/h2-11,13H,1H3/b18-11+. The fourth-order valence-corrected chi connectivity index (χ4v) is 3.96. The lowest BCUT2D eigenvalue weighted by Gasteiger charge is -2.13. The van der Waals surface area contributed by atoms with Crippen LogP contribution >= 0.6 is 11.6 Å². The highest BCUT2D eigenvalue weighted by Gasteiger charge is 2.31. The number of nitrogens with zero attached hydrogens (tertiary/aromatic N) is 2. The molecule has 0 bridgehead atoms. The number of para-hydroxylation sites is 1. The van der Waals surface area contributed by atoms with E-state index in [2.05, 4.69) is 4.98 Å². The molecule has 0 fully saturated rings. The third-order valence-electron chi connectivity index (χ3n) is 4.31. The van der Waals surface area contributed by atoms with E-state index in [-0.39, 0.29) is 27.8 Å². The predicted octanol–water partition coefficient (Wildman–Crippen LogP) is 5.89. The summed E-state index contributed by atoms with van der Waals surface area (Å²) in [6.45, 7) is 0. The van der Waals surface area contributed by atoms with Crippen molar-refractivity contribution >= 4 is 27.5 Å². The van der Waals surface area contributed by atoms with E-state index in [1.54, 1.807) is 6.07 Å². The average molecular weight is 495 g/mol. The number of halogens is 4. The summed E-state index contributed by atoms with van der Waals surface area (Å²) < 4.78 is 75.0. The van der Waals surface area contributed by atoms with Crippen LogP contribution in [0.1, 0.15) is 11.1 Å². The first-order valence-corrected chi connectivity index (χ1v) is 10.9. The molecule has 0 aliphatic heterocycles. The number of alkyl halides is 3. The van der Waals surface area contributed by atoms with Crippen LogP contribution in [0.15, 0.2) is 70.6 Å². The molecule has 1 heterocycles. The Labute approximate surface area is 192 Å². The van der Waals surface area contributed by atoms with Crippen molar-refractivity contribution in [2.24, 2.45) is 0 Å². The first-order valence-electron chi connectivity index (χ1n) is 9.07. The van der Waals surface area contributed by atoms with Crippen LogP contribution in [-0.2, 0) is 16.0 Å². The van der Waals surface area contributed by atoms with Crippen LogP contribution in [0.2, 0.25) is 5.02 Å². The lowest BCUT2D eigenvalue weighted by Crippen LogP contribution is -2.05. The van der Waals surface area contributed by atoms with Gasteiger partial charge in [0.1, 0.15) is 11.0 Å². The molecule has 0 atom stereocenters. The van der Waals surface area contributed by atoms with Gasteiger partial charge in [-0.25, -0.2) is 13.4 Å². The highest BCUT2D eigenvalue weighted by molar-refractivity contribution is 7.95. The zero-order chi connectivity index (χ0) is 24.2. The molecule has 170 valence electrons. The molecule has 0 aliphatic carbocycles. The van der Waals surface area contributed by atoms with E-state index in [4.69, 9.17) is 21.1 Å². The third-order valence-corrected chi connectivity index (χ3v) is 6.24. The summed E-state index contributed by atoms with van der Waals surface area (Å²) in [6.07, 6.45) is -2.89. The molecule has 0 spiro atoms. The van der Waals surface area contributed by atoms with Gasteiger partial charge in [-0.2, -0.15) is 18.4 Å². The number of sulfone groups is 1. The fraction of sp³-hybridized carbons (Fsp3) is 0.0909. The Morgan fingerprint density at radius 2 is 1.82 bits per heavy atom. The molecule has 1 aromatic heterocycles. The van der Waals surface area contributed by atoms with Crippen LogP contribution in [0.5, 0.6) is 17.4 Å². The maximum absolute atomic E-state index is 12.9. The molecule has 6 nitrogen and oxygen atoms in total. The highest BCUT2D eigenvalue weighted by Crippen LogP contribution is 2.37. The molecule has 2 aromatic carbocycles. The van der Waals surface area contributed by atoms with Crippen LogP contribution in [-0.4, -0.2) is 20.5 Å². The minimum absolute atomic E-state index is 0.0358. The number of hydrogen-bond acceptors (Lipinski definition) is 6. The Balaban J connectivity index is 2.05. The van der Waals surface area contributed by atoms with Crippen molar-refractivity contribution in [1.29, 1.82) is 5.26 Å². The molecule has 3 rings (SSSR count). The number of nitriles is 1. The molecule has 33 heavy (non-hydrogen) atoms.